The molecule has 2 rings (SSSR count). The first-order valence-corrected chi connectivity index (χ1v) is 6.12. The number of thioether (sulfide) groups is 1. The Morgan fingerprint density at radius 3 is 3.13 bits per heavy atom. The lowest BCUT2D eigenvalue weighted by molar-refractivity contribution is 0.633. The van der Waals surface area contributed by atoms with Gasteiger partial charge in [-0.2, -0.15) is 11.8 Å². The van der Waals surface area contributed by atoms with Crippen molar-refractivity contribution in [2.75, 3.05) is 23.3 Å². The summed E-state index contributed by atoms with van der Waals surface area (Å²) < 4.78 is 0.340. The molecule has 1 saturated heterocycles. The van der Waals surface area contributed by atoms with Crippen LogP contribution in [0.15, 0.2) is 12.4 Å². The molecule has 0 aliphatic carbocycles. The first kappa shape index (κ1) is 10.5. The largest absolute Gasteiger partial charge is 0.382 e. The molecule has 1 atom stereocenters. The van der Waals surface area contributed by atoms with Crippen LogP contribution in [0.1, 0.15) is 19.8 Å². The summed E-state index contributed by atoms with van der Waals surface area (Å²) in [7, 11) is 0. The quantitative estimate of drug-likeness (QED) is 0.819. The van der Waals surface area contributed by atoms with Gasteiger partial charge in [-0.25, -0.2) is 4.98 Å². The van der Waals surface area contributed by atoms with Gasteiger partial charge in [0.15, 0.2) is 0 Å². The number of nitrogen functional groups attached to an aromatic ring is 1. The molecular weight excluding hydrogens is 208 g/mol. The molecule has 2 heterocycles. The average molecular weight is 224 g/mol. The molecule has 1 aliphatic rings. The van der Waals surface area contributed by atoms with Gasteiger partial charge in [0.2, 0.25) is 0 Å². The average Bonchev–Trinajstić information content (AvgIpc) is 2.63. The second-order valence-corrected chi connectivity index (χ2v) is 5.77. The number of hydrogen-bond donors (Lipinski definition) is 2. The van der Waals surface area contributed by atoms with Crippen LogP contribution in [-0.2, 0) is 0 Å². The standard InChI is InChI=1S/C10H16N4S/c1-10(3-2-4-15-10)7-13-9-6-12-5-8(11)14-9/h5-6H,2-4,7H2,1H3,(H3,11,13,14). The van der Waals surface area contributed by atoms with Crippen LogP contribution in [0.25, 0.3) is 0 Å². The highest BCUT2D eigenvalue weighted by atomic mass is 32.2. The molecule has 1 aliphatic heterocycles. The summed E-state index contributed by atoms with van der Waals surface area (Å²) in [6.45, 7) is 3.22. The summed E-state index contributed by atoms with van der Waals surface area (Å²) in [6.07, 6.45) is 5.84. The summed E-state index contributed by atoms with van der Waals surface area (Å²) in [5, 5.41) is 3.29. The lowest BCUT2D eigenvalue weighted by atomic mass is 10.1. The molecule has 4 nitrogen and oxygen atoms in total. The third kappa shape index (κ3) is 2.75. The van der Waals surface area contributed by atoms with E-state index in [4.69, 9.17) is 5.73 Å². The van der Waals surface area contributed by atoms with Crippen LogP contribution < -0.4 is 11.1 Å². The van der Waals surface area contributed by atoms with E-state index >= 15 is 0 Å². The Morgan fingerprint density at radius 2 is 2.47 bits per heavy atom. The number of nitrogens with two attached hydrogens (primary N) is 1. The minimum atomic E-state index is 0.340. The van der Waals surface area contributed by atoms with Gasteiger partial charge in [0.1, 0.15) is 11.6 Å². The van der Waals surface area contributed by atoms with E-state index in [1.165, 1.54) is 18.6 Å². The maximum atomic E-state index is 5.56. The lowest BCUT2D eigenvalue weighted by Gasteiger charge is -2.23. The fraction of sp³-hybridized carbons (Fsp3) is 0.600. The van der Waals surface area contributed by atoms with E-state index in [2.05, 4.69) is 22.2 Å². The smallest absolute Gasteiger partial charge is 0.147 e. The van der Waals surface area contributed by atoms with Crippen molar-refractivity contribution in [2.24, 2.45) is 0 Å². The van der Waals surface area contributed by atoms with Gasteiger partial charge in [0.05, 0.1) is 12.4 Å². The SMILES string of the molecule is CC1(CNc2cncc(N)n2)CCCS1. The summed E-state index contributed by atoms with van der Waals surface area (Å²) in [5.41, 5.74) is 5.56. The van der Waals surface area contributed by atoms with Crippen molar-refractivity contribution in [3.05, 3.63) is 12.4 Å². The van der Waals surface area contributed by atoms with E-state index in [9.17, 15) is 0 Å². The number of aromatic nitrogens is 2. The predicted molar refractivity (Wildman–Crippen MR) is 65.0 cm³/mol. The summed E-state index contributed by atoms with van der Waals surface area (Å²) in [6, 6.07) is 0. The Morgan fingerprint density at radius 1 is 1.60 bits per heavy atom. The van der Waals surface area contributed by atoms with Crippen molar-refractivity contribution in [1.82, 2.24) is 9.97 Å². The van der Waals surface area contributed by atoms with Crippen LogP contribution in [0.2, 0.25) is 0 Å². The molecule has 0 radical (unpaired) electrons. The zero-order chi connectivity index (χ0) is 10.7. The van der Waals surface area contributed by atoms with Gasteiger partial charge < -0.3 is 11.1 Å². The fourth-order valence-electron chi connectivity index (χ4n) is 1.72. The normalized spacial score (nSPS) is 25.4. The van der Waals surface area contributed by atoms with Gasteiger partial charge in [-0.3, -0.25) is 4.98 Å². The van der Waals surface area contributed by atoms with Gasteiger partial charge in [0, 0.05) is 11.3 Å². The molecular formula is C10H16N4S. The van der Waals surface area contributed by atoms with E-state index in [0.717, 1.165) is 12.4 Å². The predicted octanol–water partition coefficient (Wildman–Crippen LogP) is 1.76. The van der Waals surface area contributed by atoms with Crippen molar-refractivity contribution in [1.29, 1.82) is 0 Å². The van der Waals surface area contributed by atoms with Crippen LogP contribution in [0, 0.1) is 0 Å². The van der Waals surface area contributed by atoms with Gasteiger partial charge >= 0.3 is 0 Å². The van der Waals surface area contributed by atoms with Crippen molar-refractivity contribution in [3.63, 3.8) is 0 Å². The Labute approximate surface area is 94.1 Å². The van der Waals surface area contributed by atoms with E-state index < -0.39 is 0 Å². The zero-order valence-corrected chi connectivity index (χ0v) is 9.68. The Bertz CT molecular complexity index is 336. The number of nitrogens with zero attached hydrogens (tertiary/aromatic N) is 2. The van der Waals surface area contributed by atoms with Crippen molar-refractivity contribution in [3.8, 4) is 0 Å². The summed E-state index contributed by atoms with van der Waals surface area (Å²) in [4.78, 5) is 8.16. The van der Waals surface area contributed by atoms with Crippen molar-refractivity contribution in [2.45, 2.75) is 24.5 Å². The number of anilines is 2. The topological polar surface area (TPSA) is 63.8 Å². The third-order valence-corrected chi connectivity index (χ3v) is 4.14. The van der Waals surface area contributed by atoms with Crippen LogP contribution in [0.3, 0.4) is 0 Å². The van der Waals surface area contributed by atoms with Crippen molar-refractivity contribution >= 4 is 23.4 Å². The lowest BCUT2D eigenvalue weighted by Crippen LogP contribution is -2.27. The molecule has 1 aromatic rings. The second kappa shape index (κ2) is 4.26. The molecule has 0 amide bonds. The molecule has 82 valence electrons. The summed E-state index contributed by atoms with van der Waals surface area (Å²) in [5.74, 6) is 2.49. The highest BCUT2D eigenvalue weighted by Crippen LogP contribution is 2.37. The first-order valence-electron chi connectivity index (χ1n) is 5.13. The monoisotopic (exact) mass is 224 g/mol. The third-order valence-electron chi connectivity index (χ3n) is 2.60. The molecule has 0 saturated carbocycles. The van der Waals surface area contributed by atoms with Crippen LogP contribution in [0.4, 0.5) is 11.6 Å². The number of hydrogen-bond acceptors (Lipinski definition) is 5. The van der Waals surface area contributed by atoms with E-state index in [1.54, 1.807) is 12.4 Å². The Hall–Kier alpha value is -0.970. The molecule has 1 unspecified atom stereocenters. The number of nitrogens with one attached hydrogen (secondary N) is 1. The van der Waals surface area contributed by atoms with Gasteiger partial charge in [0.25, 0.3) is 0 Å². The Balaban J connectivity index is 1.92. The minimum Gasteiger partial charge on any atom is -0.382 e. The van der Waals surface area contributed by atoms with Gasteiger partial charge in [-0.15, -0.1) is 0 Å². The Kier molecular flexibility index (Phi) is 3.00. The second-order valence-electron chi connectivity index (χ2n) is 4.08. The fourth-order valence-corrected chi connectivity index (χ4v) is 2.96. The van der Waals surface area contributed by atoms with E-state index in [1.807, 2.05) is 11.8 Å². The number of rotatable bonds is 3. The van der Waals surface area contributed by atoms with Crippen LogP contribution >= 0.6 is 11.8 Å². The minimum absolute atomic E-state index is 0.340. The molecule has 0 aromatic carbocycles. The maximum absolute atomic E-state index is 5.56. The maximum Gasteiger partial charge on any atom is 0.147 e. The zero-order valence-electron chi connectivity index (χ0n) is 8.86. The summed E-state index contributed by atoms with van der Waals surface area (Å²) >= 11 is 2.03. The molecule has 5 heteroatoms. The van der Waals surface area contributed by atoms with E-state index in [-0.39, 0.29) is 0 Å². The highest BCUT2D eigenvalue weighted by molar-refractivity contribution is 8.00. The van der Waals surface area contributed by atoms with Crippen molar-refractivity contribution < 1.29 is 0 Å². The van der Waals surface area contributed by atoms with Crippen LogP contribution in [-0.4, -0.2) is 27.0 Å². The molecule has 3 N–H and O–H groups in total. The molecule has 1 fully saturated rings. The van der Waals surface area contributed by atoms with E-state index in [0.29, 0.717) is 10.6 Å². The molecule has 1 aromatic heterocycles. The molecule has 15 heavy (non-hydrogen) atoms. The van der Waals surface area contributed by atoms with Gasteiger partial charge in [-0.05, 0) is 25.5 Å². The molecule has 0 bridgehead atoms. The first-order chi connectivity index (χ1) is 7.18. The highest BCUT2D eigenvalue weighted by Gasteiger charge is 2.29. The van der Waals surface area contributed by atoms with Gasteiger partial charge in [-0.1, -0.05) is 0 Å². The molecule has 0 spiro atoms. The van der Waals surface area contributed by atoms with Crippen LogP contribution in [0.5, 0.6) is 0 Å².